The van der Waals surface area contributed by atoms with Crippen LogP contribution in [0.2, 0.25) is 0 Å². The third-order valence-corrected chi connectivity index (χ3v) is 2.42. The Labute approximate surface area is 102 Å². The molecule has 5 nitrogen and oxygen atoms in total. The summed E-state index contributed by atoms with van der Waals surface area (Å²) < 4.78 is 0. The van der Waals surface area contributed by atoms with E-state index in [0.29, 0.717) is 19.6 Å². The summed E-state index contributed by atoms with van der Waals surface area (Å²) in [5.74, 6) is 0.802. The predicted molar refractivity (Wildman–Crippen MR) is 68.7 cm³/mol. The van der Waals surface area contributed by atoms with Gasteiger partial charge in [-0.05, 0) is 26.0 Å². The fourth-order valence-corrected chi connectivity index (χ4v) is 1.54. The molecule has 0 spiro atoms. The average Bonchev–Trinajstić information content (AvgIpc) is 2.36. The number of likely N-dealkylation sites (N-methyl/N-ethyl adjacent to an activating group) is 2. The molecule has 0 aliphatic heterocycles. The summed E-state index contributed by atoms with van der Waals surface area (Å²) >= 11 is 0. The molecule has 1 amide bonds. The van der Waals surface area contributed by atoms with E-state index in [9.17, 15) is 4.79 Å². The number of nitrogens with two attached hydrogens (primary N) is 1. The van der Waals surface area contributed by atoms with E-state index >= 15 is 0 Å². The summed E-state index contributed by atoms with van der Waals surface area (Å²) in [4.78, 5) is 17.9. The zero-order valence-corrected chi connectivity index (χ0v) is 10.4. The number of hydrogen-bond donors (Lipinski definition) is 2. The molecule has 1 rings (SSSR count). The number of nitrogens with one attached hydrogen (secondary N) is 1. The van der Waals surface area contributed by atoms with E-state index in [1.54, 1.807) is 0 Å². The molecule has 0 aromatic carbocycles. The second kappa shape index (κ2) is 6.85. The van der Waals surface area contributed by atoms with Crippen LogP contribution >= 0.6 is 0 Å². The third kappa shape index (κ3) is 4.03. The van der Waals surface area contributed by atoms with Gasteiger partial charge in [-0.2, -0.15) is 0 Å². The van der Waals surface area contributed by atoms with Gasteiger partial charge in [0.1, 0.15) is 5.82 Å². The van der Waals surface area contributed by atoms with Gasteiger partial charge in [0.15, 0.2) is 0 Å². The minimum atomic E-state index is 0.00861. The molecule has 0 radical (unpaired) electrons. The summed E-state index contributed by atoms with van der Waals surface area (Å²) in [5.41, 5.74) is 6.38. The van der Waals surface area contributed by atoms with Crippen molar-refractivity contribution in [3.63, 3.8) is 0 Å². The van der Waals surface area contributed by atoms with Gasteiger partial charge in [-0.3, -0.25) is 4.79 Å². The number of pyridine rings is 1. The topological polar surface area (TPSA) is 71.2 Å². The van der Waals surface area contributed by atoms with Crippen LogP contribution in [0.25, 0.3) is 0 Å². The highest BCUT2D eigenvalue weighted by molar-refractivity contribution is 5.80. The maximum absolute atomic E-state index is 11.5. The summed E-state index contributed by atoms with van der Waals surface area (Å²) in [5, 5.41) is 2.78. The number of amides is 1. The number of aromatic nitrogens is 1. The Balaban J connectivity index is 2.74. The van der Waals surface area contributed by atoms with E-state index in [2.05, 4.69) is 10.3 Å². The van der Waals surface area contributed by atoms with E-state index in [-0.39, 0.29) is 5.91 Å². The Kier molecular flexibility index (Phi) is 5.42. The lowest BCUT2D eigenvalue weighted by molar-refractivity contribution is -0.119. The molecule has 5 heteroatoms. The van der Waals surface area contributed by atoms with Gasteiger partial charge in [-0.25, -0.2) is 4.98 Å². The number of carbonyl (C=O) groups excluding carboxylic acids is 1. The second-order valence-corrected chi connectivity index (χ2v) is 3.66. The van der Waals surface area contributed by atoms with Gasteiger partial charge in [-0.15, -0.1) is 0 Å². The zero-order chi connectivity index (χ0) is 12.7. The van der Waals surface area contributed by atoms with Crippen LogP contribution in [0.5, 0.6) is 0 Å². The Hall–Kier alpha value is -1.62. The van der Waals surface area contributed by atoms with Crippen molar-refractivity contribution in [1.82, 2.24) is 10.3 Å². The van der Waals surface area contributed by atoms with Gasteiger partial charge in [-0.1, -0.05) is 6.07 Å². The number of hydrogen-bond acceptors (Lipinski definition) is 4. The normalized spacial score (nSPS) is 10.1. The van der Waals surface area contributed by atoms with Crippen molar-refractivity contribution in [3.05, 3.63) is 23.9 Å². The minimum Gasteiger partial charge on any atom is -0.355 e. The molecule has 0 saturated carbocycles. The molecule has 94 valence electrons. The largest absolute Gasteiger partial charge is 0.355 e. The van der Waals surface area contributed by atoms with Gasteiger partial charge in [0.2, 0.25) is 5.91 Å². The van der Waals surface area contributed by atoms with E-state index in [0.717, 1.165) is 18.1 Å². The summed E-state index contributed by atoms with van der Waals surface area (Å²) in [6.45, 7) is 6.01. The van der Waals surface area contributed by atoms with Gasteiger partial charge >= 0.3 is 0 Å². The first kappa shape index (κ1) is 13.4. The van der Waals surface area contributed by atoms with Crippen LogP contribution in [0.1, 0.15) is 19.5 Å². The third-order valence-electron chi connectivity index (χ3n) is 2.42. The van der Waals surface area contributed by atoms with Gasteiger partial charge < -0.3 is 16.0 Å². The highest BCUT2D eigenvalue weighted by Gasteiger charge is 2.10. The molecule has 0 aliphatic carbocycles. The second-order valence-electron chi connectivity index (χ2n) is 3.66. The number of carbonyl (C=O) groups is 1. The Morgan fingerprint density at radius 2 is 2.24 bits per heavy atom. The molecule has 0 unspecified atom stereocenters. The lowest BCUT2D eigenvalue weighted by Gasteiger charge is -2.21. The molecule has 0 aliphatic rings. The first-order valence-electron chi connectivity index (χ1n) is 5.88. The lowest BCUT2D eigenvalue weighted by Crippen LogP contribution is -2.37. The molecule has 0 atom stereocenters. The van der Waals surface area contributed by atoms with E-state index < -0.39 is 0 Å². The Morgan fingerprint density at radius 1 is 1.47 bits per heavy atom. The predicted octanol–water partition coefficient (Wildman–Crippen LogP) is 0.503. The standard InChI is InChI=1S/C12H20N4O/c1-3-14-12(17)9-16(4-2)11-7-5-6-10(8-13)15-11/h5-7H,3-4,8-9,13H2,1-2H3,(H,14,17). The minimum absolute atomic E-state index is 0.00861. The highest BCUT2D eigenvalue weighted by atomic mass is 16.2. The SMILES string of the molecule is CCNC(=O)CN(CC)c1cccc(CN)n1. The molecule has 3 N–H and O–H groups in total. The fraction of sp³-hybridized carbons (Fsp3) is 0.500. The van der Waals surface area contributed by atoms with Crippen molar-refractivity contribution in [2.45, 2.75) is 20.4 Å². The van der Waals surface area contributed by atoms with Crippen molar-refractivity contribution in [3.8, 4) is 0 Å². The fourth-order valence-electron chi connectivity index (χ4n) is 1.54. The molecule has 1 aromatic heterocycles. The summed E-state index contributed by atoms with van der Waals surface area (Å²) in [7, 11) is 0. The van der Waals surface area contributed by atoms with Gasteiger partial charge in [0.05, 0.1) is 12.2 Å². The van der Waals surface area contributed by atoms with Crippen LogP contribution < -0.4 is 16.0 Å². The van der Waals surface area contributed by atoms with E-state index in [1.807, 2.05) is 36.9 Å². The van der Waals surface area contributed by atoms with Crippen LogP contribution in [-0.4, -0.2) is 30.5 Å². The molecule has 17 heavy (non-hydrogen) atoms. The van der Waals surface area contributed by atoms with Crippen LogP contribution in [0.15, 0.2) is 18.2 Å². The smallest absolute Gasteiger partial charge is 0.239 e. The van der Waals surface area contributed by atoms with Crippen molar-refractivity contribution >= 4 is 11.7 Å². The molecule has 0 saturated heterocycles. The average molecular weight is 236 g/mol. The molecule has 1 heterocycles. The Morgan fingerprint density at radius 3 is 2.82 bits per heavy atom. The first-order valence-corrected chi connectivity index (χ1v) is 5.88. The van der Waals surface area contributed by atoms with Crippen LogP contribution in [-0.2, 0) is 11.3 Å². The molecule has 1 aromatic rings. The van der Waals surface area contributed by atoms with Crippen molar-refractivity contribution in [1.29, 1.82) is 0 Å². The van der Waals surface area contributed by atoms with E-state index in [4.69, 9.17) is 5.73 Å². The number of nitrogens with zero attached hydrogens (tertiary/aromatic N) is 2. The number of anilines is 1. The van der Waals surface area contributed by atoms with E-state index in [1.165, 1.54) is 0 Å². The van der Waals surface area contributed by atoms with Gasteiger partial charge in [0.25, 0.3) is 0 Å². The van der Waals surface area contributed by atoms with Gasteiger partial charge in [0, 0.05) is 19.6 Å². The molecular formula is C12H20N4O. The van der Waals surface area contributed by atoms with Crippen molar-refractivity contribution in [2.75, 3.05) is 24.5 Å². The molecular weight excluding hydrogens is 216 g/mol. The Bertz CT molecular complexity index is 367. The summed E-state index contributed by atoms with van der Waals surface area (Å²) in [6, 6.07) is 5.68. The molecule has 0 bridgehead atoms. The molecule has 0 fully saturated rings. The lowest BCUT2D eigenvalue weighted by atomic mass is 10.3. The first-order chi connectivity index (χ1) is 8.21. The maximum atomic E-state index is 11.5. The van der Waals surface area contributed by atoms with Crippen LogP contribution in [0.4, 0.5) is 5.82 Å². The summed E-state index contributed by atoms with van der Waals surface area (Å²) in [6.07, 6.45) is 0. The number of rotatable bonds is 6. The maximum Gasteiger partial charge on any atom is 0.239 e. The van der Waals surface area contributed by atoms with Crippen molar-refractivity contribution < 1.29 is 4.79 Å². The highest BCUT2D eigenvalue weighted by Crippen LogP contribution is 2.10. The zero-order valence-electron chi connectivity index (χ0n) is 10.4. The van der Waals surface area contributed by atoms with Crippen LogP contribution in [0, 0.1) is 0 Å². The van der Waals surface area contributed by atoms with Crippen molar-refractivity contribution in [2.24, 2.45) is 5.73 Å². The van der Waals surface area contributed by atoms with Crippen LogP contribution in [0.3, 0.4) is 0 Å². The monoisotopic (exact) mass is 236 g/mol. The quantitative estimate of drug-likeness (QED) is 0.754.